The van der Waals surface area contributed by atoms with Crippen LogP contribution in [0.1, 0.15) is 18.5 Å². The Morgan fingerprint density at radius 3 is 2.83 bits per heavy atom. The van der Waals surface area contributed by atoms with Crippen molar-refractivity contribution in [3.05, 3.63) is 57.8 Å². The highest BCUT2D eigenvalue weighted by atomic mass is 32.1. The lowest BCUT2D eigenvalue weighted by Gasteiger charge is -2.14. The number of carbonyl (C=O) groups excluding carboxylic acids is 1. The Morgan fingerprint density at radius 1 is 1.35 bits per heavy atom. The predicted octanol–water partition coefficient (Wildman–Crippen LogP) is 2.04. The van der Waals surface area contributed by atoms with Crippen LogP contribution in [0.15, 0.2) is 46.7 Å². The minimum Gasteiger partial charge on any atom is -0.508 e. The molecule has 3 aromatic rings. The Bertz CT molecular complexity index is 899. The molecular formula is C16H15N3O3S. The number of hydrogen-bond acceptors (Lipinski definition) is 5. The van der Waals surface area contributed by atoms with Crippen molar-refractivity contribution in [2.75, 3.05) is 0 Å². The summed E-state index contributed by atoms with van der Waals surface area (Å²) in [4.78, 5) is 24.3. The predicted molar refractivity (Wildman–Crippen MR) is 88.5 cm³/mol. The van der Waals surface area contributed by atoms with E-state index in [4.69, 9.17) is 0 Å². The molecule has 0 unspecified atom stereocenters. The Labute approximate surface area is 136 Å². The standard InChI is InChI=1S/C16H15N3O3S/c1-10(11-2-4-12(20)5-3-11)18-15(21)9-19-16(22)13-6-7-23-14(13)8-17-19/h2-8,10,20H,9H2,1H3,(H,18,21)/t10-/m0/s1. The fraction of sp³-hybridized carbons (Fsp3) is 0.188. The summed E-state index contributed by atoms with van der Waals surface area (Å²) in [5.74, 6) is -0.123. The van der Waals surface area contributed by atoms with Crippen LogP contribution in [0.2, 0.25) is 0 Å². The van der Waals surface area contributed by atoms with Gasteiger partial charge in [-0.2, -0.15) is 5.10 Å². The lowest BCUT2D eigenvalue weighted by Crippen LogP contribution is -2.34. The van der Waals surface area contributed by atoms with Gasteiger partial charge in [-0.05, 0) is 36.1 Å². The molecule has 1 atom stereocenters. The lowest BCUT2D eigenvalue weighted by molar-refractivity contribution is -0.122. The van der Waals surface area contributed by atoms with Crippen molar-refractivity contribution in [1.29, 1.82) is 0 Å². The molecule has 1 aromatic carbocycles. The summed E-state index contributed by atoms with van der Waals surface area (Å²) in [6.07, 6.45) is 1.60. The number of aromatic hydroxyl groups is 1. The number of hydrogen-bond donors (Lipinski definition) is 2. The number of nitrogens with zero attached hydrogens (tertiary/aromatic N) is 2. The van der Waals surface area contributed by atoms with Gasteiger partial charge in [0.2, 0.25) is 5.91 Å². The number of aromatic nitrogens is 2. The van der Waals surface area contributed by atoms with Crippen molar-refractivity contribution in [3.8, 4) is 5.75 Å². The van der Waals surface area contributed by atoms with E-state index in [9.17, 15) is 14.7 Å². The van der Waals surface area contributed by atoms with Crippen molar-refractivity contribution in [2.24, 2.45) is 0 Å². The number of nitrogens with one attached hydrogen (secondary N) is 1. The van der Waals surface area contributed by atoms with Crippen LogP contribution >= 0.6 is 11.3 Å². The largest absolute Gasteiger partial charge is 0.508 e. The SMILES string of the molecule is C[C@H](NC(=O)Cn1ncc2sccc2c1=O)c1ccc(O)cc1. The van der Waals surface area contributed by atoms with Crippen LogP contribution in [0.5, 0.6) is 5.75 Å². The first-order valence-electron chi connectivity index (χ1n) is 7.06. The first-order chi connectivity index (χ1) is 11.0. The minimum atomic E-state index is -0.297. The average Bonchev–Trinajstić information content (AvgIpc) is 3.00. The molecule has 2 N–H and O–H groups in total. The zero-order valence-corrected chi connectivity index (χ0v) is 13.2. The molecule has 2 heterocycles. The molecule has 6 nitrogen and oxygen atoms in total. The van der Waals surface area contributed by atoms with Gasteiger partial charge >= 0.3 is 0 Å². The van der Waals surface area contributed by atoms with Gasteiger partial charge in [0.25, 0.3) is 5.56 Å². The fourth-order valence-electron chi connectivity index (χ4n) is 2.29. The highest BCUT2D eigenvalue weighted by molar-refractivity contribution is 7.17. The molecule has 7 heteroatoms. The quantitative estimate of drug-likeness (QED) is 0.767. The average molecular weight is 329 g/mol. The number of amides is 1. The second-order valence-electron chi connectivity index (χ2n) is 5.19. The van der Waals surface area contributed by atoms with Crippen molar-refractivity contribution in [1.82, 2.24) is 15.1 Å². The van der Waals surface area contributed by atoms with Gasteiger partial charge in [0.1, 0.15) is 12.3 Å². The zero-order chi connectivity index (χ0) is 16.4. The maximum absolute atomic E-state index is 12.2. The molecule has 0 bridgehead atoms. The van der Waals surface area contributed by atoms with E-state index in [1.807, 2.05) is 12.3 Å². The van der Waals surface area contributed by atoms with Crippen molar-refractivity contribution < 1.29 is 9.90 Å². The van der Waals surface area contributed by atoms with Gasteiger partial charge < -0.3 is 10.4 Å². The molecule has 0 fully saturated rings. The fourth-order valence-corrected chi connectivity index (χ4v) is 3.03. The van der Waals surface area contributed by atoms with Gasteiger partial charge in [0.05, 0.1) is 22.3 Å². The molecule has 0 aliphatic heterocycles. The molecule has 118 valence electrons. The lowest BCUT2D eigenvalue weighted by atomic mass is 10.1. The van der Waals surface area contributed by atoms with Crippen molar-refractivity contribution in [2.45, 2.75) is 19.5 Å². The van der Waals surface area contributed by atoms with Crippen molar-refractivity contribution >= 4 is 27.3 Å². The molecule has 0 radical (unpaired) electrons. The topological polar surface area (TPSA) is 84.2 Å². The molecular weight excluding hydrogens is 314 g/mol. The van der Waals surface area contributed by atoms with E-state index >= 15 is 0 Å². The molecule has 0 aliphatic rings. The third kappa shape index (κ3) is 3.24. The summed E-state index contributed by atoms with van der Waals surface area (Å²) in [5.41, 5.74) is 0.598. The van der Waals surface area contributed by atoms with Gasteiger partial charge in [-0.3, -0.25) is 9.59 Å². The van der Waals surface area contributed by atoms with Gasteiger partial charge in [0.15, 0.2) is 0 Å². The number of phenols is 1. The number of carbonyl (C=O) groups is 1. The molecule has 23 heavy (non-hydrogen) atoms. The number of rotatable bonds is 4. The van der Waals surface area contributed by atoms with Crippen LogP contribution in [0.4, 0.5) is 0 Å². The third-order valence-corrected chi connectivity index (χ3v) is 4.39. The van der Waals surface area contributed by atoms with E-state index in [0.717, 1.165) is 14.9 Å². The molecule has 1 amide bonds. The first-order valence-corrected chi connectivity index (χ1v) is 7.94. The van der Waals surface area contributed by atoms with Crippen molar-refractivity contribution in [3.63, 3.8) is 0 Å². The third-order valence-electron chi connectivity index (χ3n) is 3.54. The van der Waals surface area contributed by atoms with Crippen LogP contribution in [-0.4, -0.2) is 20.8 Å². The van der Waals surface area contributed by atoms with Crippen LogP contribution < -0.4 is 10.9 Å². The second-order valence-corrected chi connectivity index (χ2v) is 6.13. The van der Waals surface area contributed by atoms with E-state index in [-0.39, 0.29) is 29.8 Å². The van der Waals surface area contributed by atoms with Crippen LogP contribution in [0.3, 0.4) is 0 Å². The van der Waals surface area contributed by atoms with Crippen LogP contribution in [0.25, 0.3) is 10.1 Å². The zero-order valence-electron chi connectivity index (χ0n) is 12.4. The number of thiophene rings is 1. The maximum atomic E-state index is 12.2. The summed E-state index contributed by atoms with van der Waals surface area (Å²) < 4.78 is 1.97. The smallest absolute Gasteiger partial charge is 0.275 e. The first kappa shape index (κ1) is 15.2. The van der Waals surface area contributed by atoms with E-state index in [2.05, 4.69) is 10.4 Å². The van der Waals surface area contributed by atoms with Crippen LogP contribution in [-0.2, 0) is 11.3 Å². The van der Waals surface area contributed by atoms with E-state index in [1.165, 1.54) is 11.3 Å². The highest BCUT2D eigenvalue weighted by Crippen LogP contribution is 2.17. The summed E-state index contributed by atoms with van der Waals surface area (Å²) in [6, 6.07) is 8.11. The van der Waals surface area contributed by atoms with E-state index < -0.39 is 0 Å². The molecule has 0 saturated carbocycles. The van der Waals surface area contributed by atoms with Gasteiger partial charge in [-0.25, -0.2) is 4.68 Å². The molecule has 0 saturated heterocycles. The summed E-state index contributed by atoms with van der Waals surface area (Å²) in [6.45, 7) is 1.70. The van der Waals surface area contributed by atoms with E-state index in [0.29, 0.717) is 5.39 Å². The Kier molecular flexibility index (Phi) is 4.12. The van der Waals surface area contributed by atoms with Gasteiger partial charge in [0, 0.05) is 0 Å². The number of phenolic OH excluding ortho intramolecular Hbond substituents is 1. The Morgan fingerprint density at radius 2 is 2.09 bits per heavy atom. The Balaban J connectivity index is 1.72. The van der Waals surface area contributed by atoms with Crippen LogP contribution in [0, 0.1) is 0 Å². The number of fused-ring (bicyclic) bond motifs is 1. The molecule has 0 aliphatic carbocycles. The van der Waals surface area contributed by atoms with Gasteiger partial charge in [-0.1, -0.05) is 12.1 Å². The molecule has 2 aromatic heterocycles. The van der Waals surface area contributed by atoms with Gasteiger partial charge in [-0.15, -0.1) is 11.3 Å². The summed E-state index contributed by atoms with van der Waals surface area (Å²) in [5, 5.41) is 18.5. The molecule has 0 spiro atoms. The normalized spacial score (nSPS) is 12.2. The highest BCUT2D eigenvalue weighted by Gasteiger charge is 2.12. The van der Waals surface area contributed by atoms with E-state index in [1.54, 1.807) is 36.5 Å². The monoisotopic (exact) mass is 329 g/mol. The minimum absolute atomic E-state index is 0.132. The number of benzene rings is 1. The maximum Gasteiger partial charge on any atom is 0.275 e. The molecule has 3 rings (SSSR count). The summed E-state index contributed by atoms with van der Waals surface area (Å²) in [7, 11) is 0. The Hall–Kier alpha value is -2.67. The summed E-state index contributed by atoms with van der Waals surface area (Å²) >= 11 is 1.44. The second kappa shape index (κ2) is 6.21.